The van der Waals surface area contributed by atoms with E-state index in [1.807, 2.05) is 43.0 Å². The number of rotatable bonds is 6. The second kappa shape index (κ2) is 10.1. The van der Waals surface area contributed by atoms with E-state index in [9.17, 15) is 14.4 Å². The second-order valence-electron chi connectivity index (χ2n) is 8.18. The van der Waals surface area contributed by atoms with Crippen LogP contribution in [-0.2, 0) is 14.4 Å². The van der Waals surface area contributed by atoms with Gasteiger partial charge in [-0.1, -0.05) is 26.0 Å². The van der Waals surface area contributed by atoms with Crippen molar-refractivity contribution in [2.45, 2.75) is 56.9 Å². The quantitative estimate of drug-likeness (QED) is 0.772. The predicted octanol–water partition coefficient (Wildman–Crippen LogP) is 3.06. The van der Waals surface area contributed by atoms with Gasteiger partial charge in [-0.15, -0.1) is 11.8 Å². The van der Waals surface area contributed by atoms with Crippen LogP contribution < -0.4 is 10.2 Å². The number of likely N-dealkylation sites (tertiary alicyclic amines) is 1. The largest absolute Gasteiger partial charge is 0.353 e. The van der Waals surface area contributed by atoms with Crippen LogP contribution >= 0.6 is 11.8 Å². The number of carbonyl (C=O) groups excluding carboxylic acids is 3. The van der Waals surface area contributed by atoms with Crippen molar-refractivity contribution >= 4 is 35.2 Å². The first-order chi connectivity index (χ1) is 13.9. The molecule has 1 fully saturated rings. The summed E-state index contributed by atoms with van der Waals surface area (Å²) >= 11 is 1.76. The summed E-state index contributed by atoms with van der Waals surface area (Å²) in [6.07, 6.45) is 2.56. The zero-order chi connectivity index (χ0) is 20.8. The standard InChI is InChI=1S/C22H31N3O3S/c1-16(2)15-22(28)24-11-9-17(10-12-24)23-20(26)7-8-21(27)25-13-14-29-19-6-4-3-5-18(19)25/h3-6,16-17H,7-15H2,1-2H3,(H,23,26). The number of piperidine rings is 1. The summed E-state index contributed by atoms with van der Waals surface area (Å²) in [4.78, 5) is 42.0. The minimum atomic E-state index is -0.0787. The summed E-state index contributed by atoms with van der Waals surface area (Å²) in [5.74, 6) is 1.37. The van der Waals surface area contributed by atoms with Gasteiger partial charge in [0.2, 0.25) is 17.7 Å². The molecule has 7 heteroatoms. The van der Waals surface area contributed by atoms with Crippen LogP contribution in [0.15, 0.2) is 29.2 Å². The fourth-order valence-corrected chi connectivity index (χ4v) is 4.83. The van der Waals surface area contributed by atoms with Gasteiger partial charge in [0.25, 0.3) is 0 Å². The molecule has 0 atom stereocenters. The summed E-state index contributed by atoms with van der Waals surface area (Å²) in [5.41, 5.74) is 0.951. The van der Waals surface area contributed by atoms with E-state index in [0.717, 1.165) is 29.2 Å². The molecule has 1 N–H and O–H groups in total. The zero-order valence-corrected chi connectivity index (χ0v) is 18.2. The van der Waals surface area contributed by atoms with Gasteiger partial charge in [0.05, 0.1) is 5.69 Å². The highest BCUT2D eigenvalue weighted by Gasteiger charge is 2.26. The Morgan fingerprint density at radius 3 is 2.52 bits per heavy atom. The normalized spacial score (nSPS) is 17.2. The molecule has 0 spiro atoms. The van der Waals surface area contributed by atoms with E-state index in [2.05, 4.69) is 5.32 Å². The highest BCUT2D eigenvalue weighted by molar-refractivity contribution is 7.99. The molecule has 0 aliphatic carbocycles. The monoisotopic (exact) mass is 417 g/mol. The van der Waals surface area contributed by atoms with Crippen molar-refractivity contribution in [3.63, 3.8) is 0 Å². The van der Waals surface area contributed by atoms with Crippen molar-refractivity contribution in [1.29, 1.82) is 0 Å². The molecule has 0 aromatic heterocycles. The van der Waals surface area contributed by atoms with Crippen molar-refractivity contribution in [2.24, 2.45) is 5.92 Å². The van der Waals surface area contributed by atoms with Crippen LogP contribution in [0.25, 0.3) is 0 Å². The van der Waals surface area contributed by atoms with E-state index < -0.39 is 0 Å². The third-order valence-corrected chi connectivity index (χ3v) is 6.43. The molecule has 3 rings (SSSR count). The SMILES string of the molecule is CC(C)CC(=O)N1CCC(NC(=O)CCC(=O)N2CCSc3ccccc32)CC1. The Labute approximate surface area is 177 Å². The van der Waals surface area contributed by atoms with Crippen LogP contribution in [0, 0.1) is 5.92 Å². The third kappa shape index (κ3) is 5.98. The topological polar surface area (TPSA) is 69.7 Å². The van der Waals surface area contributed by atoms with Gasteiger partial charge in [0.15, 0.2) is 0 Å². The lowest BCUT2D eigenvalue weighted by atomic mass is 10.0. The summed E-state index contributed by atoms with van der Waals surface area (Å²) in [7, 11) is 0. The maximum atomic E-state index is 12.7. The van der Waals surface area contributed by atoms with E-state index in [1.165, 1.54) is 0 Å². The molecule has 0 saturated carbocycles. The molecule has 1 saturated heterocycles. The maximum absolute atomic E-state index is 12.7. The van der Waals surface area contributed by atoms with E-state index in [-0.39, 0.29) is 36.6 Å². The predicted molar refractivity (Wildman–Crippen MR) is 116 cm³/mol. The average Bonchev–Trinajstić information content (AvgIpc) is 2.71. The number of benzene rings is 1. The smallest absolute Gasteiger partial charge is 0.227 e. The Bertz CT molecular complexity index is 745. The van der Waals surface area contributed by atoms with Crippen LogP contribution in [0.3, 0.4) is 0 Å². The maximum Gasteiger partial charge on any atom is 0.227 e. The first-order valence-electron chi connectivity index (χ1n) is 10.5. The minimum Gasteiger partial charge on any atom is -0.353 e. The first kappa shape index (κ1) is 21.7. The number of amides is 3. The van der Waals surface area contributed by atoms with Crippen LogP contribution in [0.1, 0.15) is 46.0 Å². The van der Waals surface area contributed by atoms with Crippen LogP contribution in [0.2, 0.25) is 0 Å². The van der Waals surface area contributed by atoms with Crippen molar-refractivity contribution in [3.05, 3.63) is 24.3 Å². The number of carbonyl (C=O) groups is 3. The molecular formula is C22H31N3O3S. The average molecular weight is 418 g/mol. The molecule has 2 heterocycles. The number of para-hydroxylation sites is 1. The van der Waals surface area contributed by atoms with Gasteiger partial charge in [-0.2, -0.15) is 0 Å². The van der Waals surface area contributed by atoms with Gasteiger partial charge >= 0.3 is 0 Å². The number of fused-ring (bicyclic) bond motifs is 1. The number of nitrogens with zero attached hydrogens (tertiary/aromatic N) is 2. The van der Waals surface area contributed by atoms with E-state index in [0.29, 0.717) is 32.0 Å². The van der Waals surface area contributed by atoms with Crippen molar-refractivity contribution in [1.82, 2.24) is 10.2 Å². The number of thioether (sulfide) groups is 1. The van der Waals surface area contributed by atoms with E-state index in [4.69, 9.17) is 0 Å². The number of anilines is 1. The van der Waals surface area contributed by atoms with Gasteiger partial charge in [0, 0.05) is 55.6 Å². The van der Waals surface area contributed by atoms with Crippen molar-refractivity contribution < 1.29 is 14.4 Å². The van der Waals surface area contributed by atoms with Gasteiger partial charge in [-0.3, -0.25) is 14.4 Å². The highest BCUT2D eigenvalue weighted by atomic mass is 32.2. The van der Waals surface area contributed by atoms with Gasteiger partial charge in [0.1, 0.15) is 0 Å². The van der Waals surface area contributed by atoms with Crippen LogP contribution in [-0.4, -0.2) is 54.1 Å². The Balaban J connectivity index is 1.41. The fraction of sp³-hybridized carbons (Fsp3) is 0.591. The van der Waals surface area contributed by atoms with Crippen LogP contribution in [0.4, 0.5) is 5.69 Å². The minimum absolute atomic E-state index is 0.00185. The Morgan fingerprint density at radius 2 is 1.79 bits per heavy atom. The Kier molecular flexibility index (Phi) is 7.58. The summed E-state index contributed by atoms with van der Waals surface area (Å²) in [6, 6.07) is 8.01. The molecule has 6 nitrogen and oxygen atoms in total. The molecule has 0 bridgehead atoms. The van der Waals surface area contributed by atoms with Crippen molar-refractivity contribution in [2.75, 3.05) is 30.3 Å². The summed E-state index contributed by atoms with van der Waals surface area (Å²) < 4.78 is 0. The molecule has 2 aliphatic heterocycles. The summed E-state index contributed by atoms with van der Waals surface area (Å²) in [6.45, 7) is 6.17. The number of hydrogen-bond acceptors (Lipinski definition) is 4. The third-order valence-electron chi connectivity index (χ3n) is 5.39. The van der Waals surface area contributed by atoms with E-state index >= 15 is 0 Å². The number of nitrogens with one attached hydrogen (secondary N) is 1. The van der Waals surface area contributed by atoms with Gasteiger partial charge in [-0.25, -0.2) is 0 Å². The lowest BCUT2D eigenvalue weighted by Crippen LogP contribution is -2.47. The lowest BCUT2D eigenvalue weighted by molar-refractivity contribution is -0.133. The molecule has 1 aromatic rings. The van der Waals surface area contributed by atoms with Crippen molar-refractivity contribution in [3.8, 4) is 0 Å². The first-order valence-corrected chi connectivity index (χ1v) is 11.5. The summed E-state index contributed by atoms with van der Waals surface area (Å²) in [5, 5.41) is 3.04. The molecule has 0 unspecified atom stereocenters. The highest BCUT2D eigenvalue weighted by Crippen LogP contribution is 2.34. The molecule has 3 amide bonds. The molecule has 0 radical (unpaired) electrons. The van der Waals surface area contributed by atoms with Gasteiger partial charge < -0.3 is 15.1 Å². The number of hydrogen-bond donors (Lipinski definition) is 1. The Hall–Kier alpha value is -2.02. The molecular weight excluding hydrogens is 386 g/mol. The second-order valence-corrected chi connectivity index (χ2v) is 9.32. The zero-order valence-electron chi connectivity index (χ0n) is 17.4. The Morgan fingerprint density at radius 1 is 1.07 bits per heavy atom. The van der Waals surface area contributed by atoms with E-state index in [1.54, 1.807) is 16.7 Å². The molecule has 29 heavy (non-hydrogen) atoms. The lowest BCUT2D eigenvalue weighted by Gasteiger charge is -2.33. The van der Waals surface area contributed by atoms with Crippen LogP contribution in [0.5, 0.6) is 0 Å². The molecule has 1 aromatic carbocycles. The van der Waals surface area contributed by atoms with Gasteiger partial charge in [-0.05, 0) is 30.9 Å². The fourth-order valence-electron chi connectivity index (χ4n) is 3.84. The molecule has 158 valence electrons. The molecule has 2 aliphatic rings.